The van der Waals surface area contributed by atoms with Crippen LogP contribution in [0.4, 0.5) is 0 Å². The SMILES string of the molecule is COc1ccc(C2C(C#N)=C(N)Oc3cc(C)n(Cc4ccccc4)c(=O)c32)cc1. The van der Waals surface area contributed by atoms with Crippen LogP contribution in [0.1, 0.15) is 28.3 Å². The fourth-order valence-electron chi connectivity index (χ4n) is 3.78. The molecule has 6 heteroatoms. The molecule has 1 aliphatic rings. The average molecular weight is 399 g/mol. The molecule has 0 amide bonds. The van der Waals surface area contributed by atoms with Crippen LogP contribution in [0, 0.1) is 18.3 Å². The van der Waals surface area contributed by atoms with E-state index in [2.05, 4.69) is 6.07 Å². The number of allylic oxidation sites excluding steroid dienone is 1. The molecule has 1 atom stereocenters. The maximum Gasteiger partial charge on any atom is 0.259 e. The molecule has 0 spiro atoms. The van der Waals surface area contributed by atoms with Gasteiger partial charge in [-0.15, -0.1) is 0 Å². The van der Waals surface area contributed by atoms with Gasteiger partial charge in [0.05, 0.1) is 25.1 Å². The molecule has 6 nitrogen and oxygen atoms in total. The largest absolute Gasteiger partial charge is 0.497 e. The molecule has 3 aromatic rings. The minimum atomic E-state index is -0.611. The molecule has 0 saturated carbocycles. The maximum absolute atomic E-state index is 13.6. The molecule has 0 fully saturated rings. The summed E-state index contributed by atoms with van der Waals surface area (Å²) < 4.78 is 12.6. The first-order valence-electron chi connectivity index (χ1n) is 9.53. The minimum Gasteiger partial charge on any atom is -0.497 e. The number of hydrogen-bond donors (Lipinski definition) is 1. The van der Waals surface area contributed by atoms with Gasteiger partial charge in [0.25, 0.3) is 5.56 Å². The van der Waals surface area contributed by atoms with Gasteiger partial charge in [0.1, 0.15) is 23.1 Å². The Hall–Kier alpha value is -3.98. The lowest BCUT2D eigenvalue weighted by molar-refractivity contribution is 0.388. The monoisotopic (exact) mass is 399 g/mol. The van der Waals surface area contributed by atoms with Crippen molar-refractivity contribution in [3.63, 3.8) is 0 Å². The number of pyridine rings is 1. The van der Waals surface area contributed by atoms with E-state index in [0.717, 1.165) is 16.8 Å². The van der Waals surface area contributed by atoms with Crippen LogP contribution >= 0.6 is 0 Å². The average Bonchev–Trinajstić information content (AvgIpc) is 2.76. The number of hydrogen-bond acceptors (Lipinski definition) is 5. The molecule has 0 radical (unpaired) electrons. The summed E-state index contributed by atoms with van der Waals surface area (Å²) in [6.07, 6.45) is 0. The highest BCUT2D eigenvalue weighted by Gasteiger charge is 2.34. The third kappa shape index (κ3) is 3.31. The van der Waals surface area contributed by atoms with Crippen LogP contribution in [0.15, 0.2) is 76.9 Å². The molecule has 1 aromatic heterocycles. The van der Waals surface area contributed by atoms with E-state index in [-0.39, 0.29) is 17.0 Å². The Labute approximate surface area is 174 Å². The summed E-state index contributed by atoms with van der Waals surface area (Å²) in [7, 11) is 1.59. The zero-order chi connectivity index (χ0) is 21.3. The lowest BCUT2D eigenvalue weighted by atomic mass is 9.84. The number of nitrogens with two attached hydrogens (primary N) is 1. The van der Waals surface area contributed by atoms with E-state index in [0.29, 0.717) is 23.6 Å². The van der Waals surface area contributed by atoms with E-state index in [4.69, 9.17) is 15.2 Å². The predicted octanol–water partition coefficient (Wildman–Crippen LogP) is 3.43. The predicted molar refractivity (Wildman–Crippen MR) is 113 cm³/mol. The van der Waals surface area contributed by atoms with Gasteiger partial charge in [-0.1, -0.05) is 42.5 Å². The maximum atomic E-state index is 13.6. The molecule has 0 bridgehead atoms. The normalized spacial score (nSPS) is 15.2. The number of methoxy groups -OCH3 is 1. The van der Waals surface area contributed by atoms with Gasteiger partial charge in [-0.05, 0) is 30.2 Å². The second kappa shape index (κ2) is 7.80. The quantitative estimate of drug-likeness (QED) is 0.726. The van der Waals surface area contributed by atoms with Crippen molar-refractivity contribution < 1.29 is 9.47 Å². The molecule has 2 N–H and O–H groups in total. The van der Waals surface area contributed by atoms with Crippen LogP contribution in [0.25, 0.3) is 0 Å². The Balaban J connectivity index is 1.90. The Bertz CT molecular complexity index is 1220. The number of aromatic nitrogens is 1. The molecule has 4 rings (SSSR count). The van der Waals surface area contributed by atoms with Gasteiger partial charge in [0, 0.05) is 11.8 Å². The zero-order valence-electron chi connectivity index (χ0n) is 16.8. The number of fused-ring (bicyclic) bond motifs is 1. The minimum absolute atomic E-state index is 0.0189. The highest BCUT2D eigenvalue weighted by molar-refractivity contribution is 5.55. The van der Waals surface area contributed by atoms with Crippen LogP contribution in [-0.4, -0.2) is 11.7 Å². The molecule has 150 valence electrons. The smallest absolute Gasteiger partial charge is 0.259 e. The lowest BCUT2D eigenvalue weighted by Gasteiger charge is -2.27. The van der Waals surface area contributed by atoms with E-state index in [9.17, 15) is 10.1 Å². The number of aryl methyl sites for hydroxylation is 1. The molecule has 0 saturated heterocycles. The summed E-state index contributed by atoms with van der Waals surface area (Å²) in [5.74, 6) is 0.483. The fraction of sp³-hybridized carbons (Fsp3) is 0.167. The topological polar surface area (TPSA) is 90.3 Å². The Morgan fingerprint density at radius 1 is 1.17 bits per heavy atom. The zero-order valence-corrected chi connectivity index (χ0v) is 16.8. The first-order chi connectivity index (χ1) is 14.5. The Kier molecular flexibility index (Phi) is 5.03. The Morgan fingerprint density at radius 2 is 1.87 bits per heavy atom. The van der Waals surface area contributed by atoms with Gasteiger partial charge < -0.3 is 19.8 Å². The highest BCUT2D eigenvalue weighted by Crippen LogP contribution is 2.40. The van der Waals surface area contributed by atoms with Crippen molar-refractivity contribution in [2.24, 2.45) is 5.73 Å². The number of nitrogens with zero attached hydrogens (tertiary/aromatic N) is 2. The highest BCUT2D eigenvalue weighted by atomic mass is 16.5. The van der Waals surface area contributed by atoms with E-state index in [1.165, 1.54) is 0 Å². The molecular formula is C24H21N3O3. The van der Waals surface area contributed by atoms with E-state index >= 15 is 0 Å². The number of nitriles is 1. The van der Waals surface area contributed by atoms with Gasteiger partial charge in [-0.2, -0.15) is 5.26 Å². The van der Waals surface area contributed by atoms with Crippen molar-refractivity contribution in [1.82, 2.24) is 4.57 Å². The van der Waals surface area contributed by atoms with Crippen LogP contribution < -0.4 is 20.8 Å². The van der Waals surface area contributed by atoms with Gasteiger partial charge in [-0.3, -0.25) is 4.79 Å². The second-order valence-electron chi connectivity index (χ2n) is 7.14. The summed E-state index contributed by atoms with van der Waals surface area (Å²) in [6, 6.07) is 21.0. The first-order valence-corrected chi connectivity index (χ1v) is 9.53. The van der Waals surface area contributed by atoms with E-state index in [1.54, 1.807) is 29.9 Å². The van der Waals surface area contributed by atoms with Gasteiger partial charge >= 0.3 is 0 Å². The Morgan fingerprint density at radius 3 is 2.50 bits per heavy atom. The van der Waals surface area contributed by atoms with Gasteiger partial charge in [0.2, 0.25) is 5.88 Å². The summed E-state index contributed by atoms with van der Waals surface area (Å²) in [5, 5.41) is 9.77. The van der Waals surface area contributed by atoms with E-state index < -0.39 is 5.92 Å². The standard InChI is InChI=1S/C24H21N3O3/c1-15-12-20-22(24(28)27(15)14-16-6-4-3-5-7-16)21(19(13-25)23(26)30-20)17-8-10-18(29-2)11-9-17/h3-12,21H,14,26H2,1-2H3. The third-order valence-corrected chi connectivity index (χ3v) is 5.32. The van der Waals surface area contributed by atoms with Crippen LogP contribution in [0.3, 0.4) is 0 Å². The molecule has 1 unspecified atom stereocenters. The number of ether oxygens (including phenoxy) is 2. The summed E-state index contributed by atoms with van der Waals surface area (Å²) in [4.78, 5) is 13.6. The molecule has 2 heterocycles. The van der Waals surface area contributed by atoms with Crippen molar-refractivity contribution in [2.75, 3.05) is 7.11 Å². The van der Waals surface area contributed by atoms with Crippen molar-refractivity contribution >= 4 is 0 Å². The summed E-state index contributed by atoms with van der Waals surface area (Å²) in [5.41, 5.74) is 9.02. The fourth-order valence-corrected chi connectivity index (χ4v) is 3.78. The van der Waals surface area contributed by atoms with E-state index in [1.807, 2.05) is 49.4 Å². The van der Waals surface area contributed by atoms with Crippen LogP contribution in [0.2, 0.25) is 0 Å². The molecular weight excluding hydrogens is 378 g/mol. The molecule has 0 aliphatic carbocycles. The van der Waals surface area contributed by atoms with Gasteiger partial charge in [0.15, 0.2) is 0 Å². The van der Waals surface area contributed by atoms with Crippen LogP contribution in [-0.2, 0) is 6.54 Å². The lowest BCUT2D eigenvalue weighted by Crippen LogP contribution is -2.33. The first kappa shape index (κ1) is 19.3. The van der Waals surface area contributed by atoms with Crippen molar-refractivity contribution in [3.05, 3.63) is 105 Å². The van der Waals surface area contributed by atoms with Crippen LogP contribution in [0.5, 0.6) is 11.5 Å². The van der Waals surface area contributed by atoms with Gasteiger partial charge in [-0.25, -0.2) is 0 Å². The number of benzene rings is 2. The van der Waals surface area contributed by atoms with Crippen molar-refractivity contribution in [3.8, 4) is 17.6 Å². The molecule has 2 aromatic carbocycles. The third-order valence-electron chi connectivity index (χ3n) is 5.32. The second-order valence-corrected chi connectivity index (χ2v) is 7.14. The molecule has 1 aliphatic heterocycles. The van der Waals surface area contributed by atoms with Crippen molar-refractivity contribution in [2.45, 2.75) is 19.4 Å². The molecule has 30 heavy (non-hydrogen) atoms. The summed E-state index contributed by atoms with van der Waals surface area (Å²) >= 11 is 0. The number of rotatable bonds is 4. The van der Waals surface area contributed by atoms with Crippen molar-refractivity contribution in [1.29, 1.82) is 5.26 Å². The summed E-state index contributed by atoms with van der Waals surface area (Å²) in [6.45, 7) is 2.28.